The maximum atomic E-state index is 11.0. The van der Waals surface area contributed by atoms with E-state index in [-0.39, 0.29) is 11.5 Å². The van der Waals surface area contributed by atoms with E-state index in [0.29, 0.717) is 5.69 Å². The van der Waals surface area contributed by atoms with Crippen LogP contribution in [-0.2, 0) is 20.4 Å². The predicted molar refractivity (Wildman–Crippen MR) is 75.0 cm³/mol. The Hall–Kier alpha value is -1.24. The van der Waals surface area contributed by atoms with E-state index in [1.54, 1.807) is 19.1 Å². The SMILES string of the molecule is CC(NS(C)(=O)=O)c1ccccc1N.O.O=S(=O)(O)O. The molecule has 0 heterocycles. The lowest BCUT2D eigenvalue weighted by Gasteiger charge is -2.14. The van der Waals surface area contributed by atoms with Gasteiger partial charge in [-0.1, -0.05) is 18.2 Å². The number of para-hydroxylation sites is 1. The average molecular weight is 330 g/mol. The second-order valence-corrected chi connectivity index (χ2v) is 6.36. The molecule has 1 aromatic rings. The number of nitrogen functional groups attached to an aromatic ring is 1. The van der Waals surface area contributed by atoms with Gasteiger partial charge in [-0.25, -0.2) is 13.1 Å². The predicted octanol–water partition coefficient (Wildman–Crippen LogP) is -0.598. The van der Waals surface area contributed by atoms with Gasteiger partial charge in [-0.15, -0.1) is 0 Å². The lowest BCUT2D eigenvalue weighted by Crippen LogP contribution is -2.25. The smallest absolute Gasteiger partial charge is 0.394 e. The first kappa shape index (κ1) is 21.1. The van der Waals surface area contributed by atoms with E-state index in [1.807, 2.05) is 12.1 Å². The molecule has 0 bridgehead atoms. The fourth-order valence-corrected chi connectivity index (χ4v) is 2.06. The maximum absolute atomic E-state index is 11.0. The van der Waals surface area contributed by atoms with Gasteiger partial charge in [-0.05, 0) is 18.6 Å². The van der Waals surface area contributed by atoms with E-state index < -0.39 is 20.4 Å². The number of sulfonamides is 1. The van der Waals surface area contributed by atoms with Crippen molar-refractivity contribution in [2.45, 2.75) is 13.0 Å². The number of nitrogens with two attached hydrogens (primary N) is 1. The van der Waals surface area contributed by atoms with Gasteiger partial charge < -0.3 is 11.2 Å². The van der Waals surface area contributed by atoms with Crippen LogP contribution in [0.5, 0.6) is 0 Å². The lowest BCUT2D eigenvalue weighted by molar-refractivity contribution is 0.381. The molecule has 11 heteroatoms. The van der Waals surface area contributed by atoms with Crippen LogP contribution in [0.2, 0.25) is 0 Å². The molecule has 0 saturated heterocycles. The van der Waals surface area contributed by atoms with Crippen LogP contribution in [0.15, 0.2) is 24.3 Å². The Labute approximate surface area is 117 Å². The molecule has 1 aromatic carbocycles. The Balaban J connectivity index is 0. The third kappa shape index (κ3) is 11.8. The van der Waals surface area contributed by atoms with E-state index in [0.717, 1.165) is 11.8 Å². The summed E-state index contributed by atoms with van der Waals surface area (Å²) in [6.07, 6.45) is 1.13. The summed E-state index contributed by atoms with van der Waals surface area (Å²) in [6.45, 7) is 1.76. The summed E-state index contributed by atoms with van der Waals surface area (Å²) in [5, 5.41) is 0. The molecule has 0 spiro atoms. The van der Waals surface area contributed by atoms with Gasteiger partial charge >= 0.3 is 10.4 Å². The number of nitrogens with one attached hydrogen (secondary N) is 1. The molecule has 0 aliphatic heterocycles. The van der Waals surface area contributed by atoms with Crippen molar-refractivity contribution in [3.63, 3.8) is 0 Å². The van der Waals surface area contributed by atoms with E-state index >= 15 is 0 Å². The largest absolute Gasteiger partial charge is 0.412 e. The maximum Gasteiger partial charge on any atom is 0.394 e. The quantitative estimate of drug-likeness (QED) is 0.422. The van der Waals surface area contributed by atoms with Gasteiger partial charge in [-0.2, -0.15) is 8.42 Å². The number of hydrogen-bond donors (Lipinski definition) is 4. The summed E-state index contributed by atoms with van der Waals surface area (Å²) >= 11 is 0. The van der Waals surface area contributed by atoms with Crippen LogP contribution in [0.25, 0.3) is 0 Å². The minimum absolute atomic E-state index is 0. The zero-order valence-electron chi connectivity index (χ0n) is 10.8. The van der Waals surface area contributed by atoms with E-state index in [2.05, 4.69) is 4.72 Å². The summed E-state index contributed by atoms with van der Waals surface area (Å²) in [6, 6.07) is 6.89. The van der Waals surface area contributed by atoms with Gasteiger partial charge in [-0.3, -0.25) is 9.11 Å². The Morgan fingerprint density at radius 2 is 1.55 bits per heavy atom. The number of hydrogen-bond acceptors (Lipinski definition) is 5. The first-order valence-corrected chi connectivity index (χ1v) is 8.20. The van der Waals surface area contributed by atoms with Crippen molar-refractivity contribution < 1.29 is 31.4 Å². The molecule has 118 valence electrons. The third-order valence-corrected chi connectivity index (χ3v) is 2.64. The van der Waals surface area contributed by atoms with Gasteiger partial charge in [0.25, 0.3) is 0 Å². The Bertz CT molecular complexity index is 605. The molecule has 7 N–H and O–H groups in total. The minimum atomic E-state index is -4.67. The summed E-state index contributed by atoms with van der Waals surface area (Å²) in [4.78, 5) is 0. The third-order valence-electron chi connectivity index (χ3n) is 1.85. The van der Waals surface area contributed by atoms with E-state index in [9.17, 15) is 8.42 Å². The monoisotopic (exact) mass is 330 g/mol. The van der Waals surface area contributed by atoms with Crippen LogP contribution in [0.1, 0.15) is 18.5 Å². The number of anilines is 1. The van der Waals surface area contributed by atoms with Crippen molar-refractivity contribution >= 4 is 26.1 Å². The molecule has 1 unspecified atom stereocenters. The molecule has 9 nitrogen and oxygen atoms in total. The van der Waals surface area contributed by atoms with E-state index in [1.165, 1.54) is 0 Å². The molecule has 1 rings (SSSR count). The Morgan fingerprint density at radius 3 is 1.90 bits per heavy atom. The average Bonchev–Trinajstić information content (AvgIpc) is 2.12. The van der Waals surface area contributed by atoms with Crippen molar-refractivity contribution in [3.05, 3.63) is 29.8 Å². The minimum Gasteiger partial charge on any atom is -0.412 e. The molecule has 20 heavy (non-hydrogen) atoms. The molecule has 0 fully saturated rings. The molecular formula is C9H18N2O7S2. The molecule has 0 radical (unpaired) electrons. The summed E-state index contributed by atoms with van der Waals surface area (Å²) in [7, 11) is -7.86. The van der Waals surface area contributed by atoms with Crippen LogP contribution >= 0.6 is 0 Å². The van der Waals surface area contributed by atoms with Gasteiger partial charge in [0.15, 0.2) is 0 Å². The summed E-state index contributed by atoms with van der Waals surface area (Å²) in [5.41, 5.74) is 7.09. The first-order valence-electron chi connectivity index (χ1n) is 4.91. The van der Waals surface area contributed by atoms with Gasteiger partial charge in [0.2, 0.25) is 10.0 Å². The van der Waals surface area contributed by atoms with Crippen molar-refractivity contribution in [1.29, 1.82) is 0 Å². The zero-order chi connectivity index (χ0) is 15.3. The van der Waals surface area contributed by atoms with Crippen LogP contribution < -0.4 is 10.5 Å². The molecule has 0 amide bonds. The first-order chi connectivity index (χ1) is 8.40. The molecule has 0 aliphatic carbocycles. The number of benzene rings is 1. The summed E-state index contributed by atoms with van der Waals surface area (Å²) in [5.74, 6) is 0. The van der Waals surface area contributed by atoms with Crippen LogP contribution in [0.3, 0.4) is 0 Å². The molecule has 0 aromatic heterocycles. The molecule has 0 aliphatic rings. The topological polar surface area (TPSA) is 178 Å². The highest BCUT2D eigenvalue weighted by molar-refractivity contribution is 7.88. The lowest BCUT2D eigenvalue weighted by atomic mass is 10.1. The molecular weight excluding hydrogens is 312 g/mol. The Morgan fingerprint density at radius 1 is 1.15 bits per heavy atom. The second kappa shape index (κ2) is 8.14. The Kier molecular flexibility index (Phi) is 8.57. The van der Waals surface area contributed by atoms with Crippen LogP contribution in [0.4, 0.5) is 5.69 Å². The normalized spacial score (nSPS) is 12.6. The fourth-order valence-electron chi connectivity index (χ4n) is 1.29. The van der Waals surface area contributed by atoms with Gasteiger partial charge in [0.05, 0.1) is 6.26 Å². The highest BCUT2D eigenvalue weighted by Crippen LogP contribution is 2.19. The highest BCUT2D eigenvalue weighted by atomic mass is 32.3. The van der Waals surface area contributed by atoms with Crippen molar-refractivity contribution in [1.82, 2.24) is 4.72 Å². The fraction of sp³-hybridized carbons (Fsp3) is 0.333. The standard InChI is InChI=1S/C9H14N2O2S.H2O4S.H2O/c1-7(11-14(2,12)13)8-5-3-4-6-9(8)10;1-5(2,3)4;/h3-7,11H,10H2,1-2H3;(H2,1,2,3,4);1H2. The van der Waals surface area contributed by atoms with E-state index in [4.69, 9.17) is 23.3 Å². The highest BCUT2D eigenvalue weighted by Gasteiger charge is 2.12. The molecule has 0 saturated carbocycles. The summed E-state index contributed by atoms with van der Waals surface area (Å²) < 4.78 is 56.0. The second-order valence-electron chi connectivity index (χ2n) is 3.69. The van der Waals surface area contributed by atoms with Crippen LogP contribution in [0, 0.1) is 0 Å². The van der Waals surface area contributed by atoms with Crippen LogP contribution in [-0.4, -0.2) is 37.7 Å². The number of rotatable bonds is 3. The van der Waals surface area contributed by atoms with Crippen molar-refractivity contribution in [2.75, 3.05) is 12.0 Å². The van der Waals surface area contributed by atoms with Crippen molar-refractivity contribution in [3.8, 4) is 0 Å². The zero-order valence-corrected chi connectivity index (χ0v) is 12.4. The van der Waals surface area contributed by atoms with Gasteiger partial charge in [0.1, 0.15) is 0 Å². The molecule has 1 atom stereocenters. The van der Waals surface area contributed by atoms with Crippen molar-refractivity contribution in [2.24, 2.45) is 0 Å². The van der Waals surface area contributed by atoms with Gasteiger partial charge in [0, 0.05) is 11.7 Å².